The third kappa shape index (κ3) is 3.28. The highest BCUT2D eigenvalue weighted by atomic mass is 32.2. The second kappa shape index (κ2) is 6.38. The van der Waals surface area contributed by atoms with Gasteiger partial charge in [-0.15, -0.1) is 0 Å². The van der Waals surface area contributed by atoms with E-state index in [0.29, 0.717) is 30.0 Å². The number of hydrogen-bond acceptors (Lipinski definition) is 4. The first-order valence-corrected chi connectivity index (χ1v) is 10.5. The van der Waals surface area contributed by atoms with E-state index in [-0.39, 0.29) is 11.9 Å². The molecule has 140 valence electrons. The molecule has 8 heteroatoms. The molecule has 0 radical (unpaired) electrons. The molecule has 0 bridgehead atoms. The van der Waals surface area contributed by atoms with E-state index >= 15 is 0 Å². The van der Waals surface area contributed by atoms with E-state index in [1.165, 1.54) is 10.6 Å². The molecule has 0 spiro atoms. The summed E-state index contributed by atoms with van der Waals surface area (Å²) in [5.74, 6) is 0.470. The van der Waals surface area contributed by atoms with Crippen molar-refractivity contribution in [3.05, 3.63) is 59.4 Å². The highest BCUT2D eigenvalue weighted by Crippen LogP contribution is 2.30. The lowest BCUT2D eigenvalue weighted by atomic mass is 10.1. The van der Waals surface area contributed by atoms with Gasteiger partial charge in [0.25, 0.3) is 5.91 Å². The molecule has 1 unspecified atom stereocenters. The van der Waals surface area contributed by atoms with Gasteiger partial charge in [-0.1, -0.05) is 12.1 Å². The van der Waals surface area contributed by atoms with Crippen LogP contribution in [0.3, 0.4) is 0 Å². The van der Waals surface area contributed by atoms with E-state index in [1.807, 2.05) is 31.2 Å². The largest absolute Gasteiger partial charge is 0.342 e. The summed E-state index contributed by atoms with van der Waals surface area (Å²) < 4.78 is 25.0. The molecule has 27 heavy (non-hydrogen) atoms. The third-order valence-electron chi connectivity index (χ3n) is 4.76. The summed E-state index contributed by atoms with van der Waals surface area (Å²) in [4.78, 5) is 20.4. The summed E-state index contributed by atoms with van der Waals surface area (Å²) in [6.45, 7) is 2.28. The number of para-hydroxylation sites is 2. The molecule has 2 aromatic carbocycles. The van der Waals surface area contributed by atoms with Crippen LogP contribution in [-0.2, 0) is 16.4 Å². The molecule has 1 amide bonds. The number of imidazole rings is 1. The van der Waals surface area contributed by atoms with Crippen molar-refractivity contribution < 1.29 is 13.2 Å². The fraction of sp³-hybridized carbons (Fsp3) is 0.263. The number of carbonyl (C=O) groups is 1. The predicted molar refractivity (Wildman–Crippen MR) is 104 cm³/mol. The molecule has 0 aliphatic carbocycles. The summed E-state index contributed by atoms with van der Waals surface area (Å²) in [6.07, 6.45) is 1.79. The minimum absolute atomic E-state index is 0.219. The number of carbonyl (C=O) groups excluding carboxylic acids is 1. The van der Waals surface area contributed by atoms with Gasteiger partial charge in [0, 0.05) is 12.1 Å². The molecule has 1 aliphatic rings. The number of fused-ring (bicyclic) bond motifs is 2. The van der Waals surface area contributed by atoms with Gasteiger partial charge >= 0.3 is 0 Å². The molecule has 0 saturated carbocycles. The first-order chi connectivity index (χ1) is 12.8. The molecule has 0 fully saturated rings. The number of aromatic nitrogens is 2. The van der Waals surface area contributed by atoms with Gasteiger partial charge in [-0.3, -0.25) is 9.10 Å². The van der Waals surface area contributed by atoms with Crippen LogP contribution in [0.15, 0.2) is 42.5 Å². The van der Waals surface area contributed by atoms with Crippen LogP contribution in [0.25, 0.3) is 11.0 Å². The Morgan fingerprint density at radius 3 is 2.78 bits per heavy atom. The zero-order valence-electron chi connectivity index (χ0n) is 15.1. The number of benzene rings is 2. The SMILES string of the molecule is CC(NC(=O)c1ccc2c(c1)CCN2S(C)(=O)=O)c1nc2ccccc2[nH]1. The smallest absolute Gasteiger partial charge is 0.251 e. The number of anilines is 1. The lowest BCUT2D eigenvalue weighted by Crippen LogP contribution is -2.28. The molecule has 1 aliphatic heterocycles. The average molecular weight is 384 g/mol. The Bertz CT molecular complexity index is 1100. The van der Waals surface area contributed by atoms with Crippen LogP contribution in [0, 0.1) is 0 Å². The molecular formula is C19H20N4O3S. The summed E-state index contributed by atoms with van der Waals surface area (Å²) >= 11 is 0. The summed E-state index contributed by atoms with van der Waals surface area (Å²) in [5, 5.41) is 2.94. The Morgan fingerprint density at radius 2 is 2.04 bits per heavy atom. The third-order valence-corrected chi connectivity index (χ3v) is 5.94. The van der Waals surface area contributed by atoms with Crippen molar-refractivity contribution in [1.29, 1.82) is 0 Å². The number of aromatic amines is 1. The van der Waals surface area contributed by atoms with Crippen molar-refractivity contribution >= 4 is 32.7 Å². The first kappa shape index (κ1) is 17.5. The van der Waals surface area contributed by atoms with E-state index in [2.05, 4.69) is 15.3 Å². The van der Waals surface area contributed by atoms with Crippen LogP contribution in [-0.4, -0.2) is 37.1 Å². The maximum absolute atomic E-state index is 12.6. The van der Waals surface area contributed by atoms with E-state index in [1.54, 1.807) is 18.2 Å². The zero-order chi connectivity index (χ0) is 19.2. The molecule has 1 atom stereocenters. The zero-order valence-corrected chi connectivity index (χ0v) is 15.9. The van der Waals surface area contributed by atoms with Crippen molar-refractivity contribution in [2.45, 2.75) is 19.4 Å². The van der Waals surface area contributed by atoms with Crippen LogP contribution in [0.4, 0.5) is 5.69 Å². The Hall–Kier alpha value is -2.87. The van der Waals surface area contributed by atoms with Crippen LogP contribution in [0.2, 0.25) is 0 Å². The Morgan fingerprint density at radius 1 is 1.26 bits per heavy atom. The number of nitrogens with one attached hydrogen (secondary N) is 2. The molecule has 7 nitrogen and oxygen atoms in total. The van der Waals surface area contributed by atoms with Crippen molar-refractivity contribution in [2.24, 2.45) is 0 Å². The maximum atomic E-state index is 12.6. The quantitative estimate of drug-likeness (QED) is 0.722. The predicted octanol–water partition coefficient (Wildman–Crippen LogP) is 2.38. The van der Waals surface area contributed by atoms with Gasteiger partial charge < -0.3 is 10.3 Å². The van der Waals surface area contributed by atoms with Crippen molar-refractivity contribution in [2.75, 3.05) is 17.1 Å². The molecule has 2 N–H and O–H groups in total. The van der Waals surface area contributed by atoms with Gasteiger partial charge in [-0.05, 0) is 49.2 Å². The summed E-state index contributed by atoms with van der Waals surface area (Å²) in [5.41, 5.74) is 3.80. The van der Waals surface area contributed by atoms with Crippen LogP contribution >= 0.6 is 0 Å². The van der Waals surface area contributed by atoms with Crippen molar-refractivity contribution in [3.63, 3.8) is 0 Å². The minimum atomic E-state index is -3.30. The van der Waals surface area contributed by atoms with Gasteiger partial charge in [-0.2, -0.15) is 0 Å². The Kier molecular flexibility index (Phi) is 4.15. The number of sulfonamides is 1. The molecule has 0 saturated heterocycles. The van der Waals surface area contributed by atoms with Gasteiger partial charge in [0.1, 0.15) is 5.82 Å². The van der Waals surface area contributed by atoms with Crippen LogP contribution in [0.1, 0.15) is 34.7 Å². The van der Waals surface area contributed by atoms with Crippen LogP contribution < -0.4 is 9.62 Å². The standard InChI is InChI=1S/C19H20N4O3S/c1-12(18-21-15-5-3-4-6-16(15)22-18)20-19(24)14-7-8-17-13(11-14)9-10-23(17)27(2,25)26/h3-8,11-12H,9-10H2,1-2H3,(H,20,24)(H,21,22). The number of hydrogen-bond donors (Lipinski definition) is 2. The molecule has 1 aromatic heterocycles. The summed E-state index contributed by atoms with van der Waals surface area (Å²) in [6, 6.07) is 12.5. The Balaban J connectivity index is 1.53. The van der Waals surface area contributed by atoms with E-state index in [4.69, 9.17) is 0 Å². The summed E-state index contributed by atoms with van der Waals surface area (Å²) in [7, 11) is -3.30. The molecular weight excluding hydrogens is 364 g/mol. The minimum Gasteiger partial charge on any atom is -0.342 e. The van der Waals surface area contributed by atoms with E-state index in [9.17, 15) is 13.2 Å². The average Bonchev–Trinajstić information content (AvgIpc) is 3.24. The lowest BCUT2D eigenvalue weighted by Gasteiger charge is -2.17. The van der Waals surface area contributed by atoms with Crippen molar-refractivity contribution in [3.8, 4) is 0 Å². The fourth-order valence-electron chi connectivity index (χ4n) is 3.38. The topological polar surface area (TPSA) is 95.2 Å². The normalized spacial score (nSPS) is 15.0. The maximum Gasteiger partial charge on any atom is 0.251 e. The highest BCUT2D eigenvalue weighted by Gasteiger charge is 2.27. The van der Waals surface area contributed by atoms with Crippen molar-refractivity contribution in [1.82, 2.24) is 15.3 Å². The lowest BCUT2D eigenvalue weighted by molar-refractivity contribution is 0.0938. The van der Waals surface area contributed by atoms with Gasteiger partial charge in [0.05, 0.1) is 29.0 Å². The molecule has 2 heterocycles. The number of rotatable bonds is 4. The second-order valence-electron chi connectivity index (χ2n) is 6.76. The highest BCUT2D eigenvalue weighted by molar-refractivity contribution is 7.92. The first-order valence-electron chi connectivity index (χ1n) is 8.69. The van der Waals surface area contributed by atoms with E-state index in [0.717, 1.165) is 16.6 Å². The number of H-pyrrole nitrogens is 1. The number of nitrogens with zero attached hydrogens (tertiary/aromatic N) is 2. The monoisotopic (exact) mass is 384 g/mol. The van der Waals surface area contributed by atoms with E-state index < -0.39 is 10.0 Å². The molecule has 4 rings (SSSR count). The fourth-order valence-corrected chi connectivity index (χ4v) is 4.34. The van der Waals surface area contributed by atoms with Gasteiger partial charge in [0.15, 0.2) is 0 Å². The second-order valence-corrected chi connectivity index (χ2v) is 8.67. The number of amides is 1. The molecule has 3 aromatic rings. The van der Waals surface area contributed by atoms with Gasteiger partial charge in [0.2, 0.25) is 10.0 Å². The van der Waals surface area contributed by atoms with Crippen LogP contribution in [0.5, 0.6) is 0 Å². The van der Waals surface area contributed by atoms with Gasteiger partial charge in [-0.25, -0.2) is 13.4 Å². The Labute approximate surface area is 157 Å².